The molecule has 2 aliphatic heterocycles. The van der Waals surface area contributed by atoms with Gasteiger partial charge in [-0.05, 0) is 61.6 Å². The third kappa shape index (κ3) is 6.07. The molecule has 2 unspecified atom stereocenters. The zero-order valence-corrected chi connectivity index (χ0v) is 24.4. The number of benzene rings is 2. The van der Waals surface area contributed by atoms with Crippen LogP contribution in [0.15, 0.2) is 42.5 Å². The Morgan fingerprint density at radius 1 is 0.951 bits per heavy atom. The molecular formula is C30H32Cl2F3N3O3. The molecule has 6 nitrogen and oxygen atoms in total. The Balaban J connectivity index is 1.34. The summed E-state index contributed by atoms with van der Waals surface area (Å²) in [6, 6.07) is 9.82. The molecule has 3 amide bonds. The number of likely N-dealkylation sites (tertiary alicyclic amines) is 2. The highest BCUT2D eigenvalue weighted by molar-refractivity contribution is 6.31. The topological polar surface area (TPSA) is 60.9 Å². The Bertz CT molecular complexity index is 1340. The van der Waals surface area contributed by atoms with E-state index in [1.54, 1.807) is 24.1 Å². The lowest BCUT2D eigenvalue weighted by Gasteiger charge is -2.34. The van der Waals surface area contributed by atoms with E-state index in [1.165, 1.54) is 11.0 Å². The molecule has 3 fully saturated rings. The Morgan fingerprint density at radius 3 is 2.17 bits per heavy atom. The number of hydrogen-bond donors (Lipinski definition) is 0. The molecule has 2 aromatic rings. The minimum absolute atomic E-state index is 0.0251. The van der Waals surface area contributed by atoms with E-state index >= 15 is 0 Å². The van der Waals surface area contributed by atoms with Crippen molar-refractivity contribution >= 4 is 40.9 Å². The molecule has 0 aromatic heterocycles. The number of likely N-dealkylation sites (N-methyl/N-ethyl adjacent to an activating group) is 1. The number of carbonyl (C=O) groups is 3. The van der Waals surface area contributed by atoms with Gasteiger partial charge >= 0.3 is 6.18 Å². The number of alkyl halides is 3. The fraction of sp³-hybridized carbons (Fsp3) is 0.500. The van der Waals surface area contributed by atoms with Crippen LogP contribution in [0, 0.1) is 11.3 Å². The maximum absolute atomic E-state index is 13.7. The fourth-order valence-corrected chi connectivity index (χ4v) is 6.35. The lowest BCUT2D eigenvalue weighted by atomic mass is 9.93. The number of rotatable bonds is 5. The fourth-order valence-electron chi connectivity index (χ4n) is 6.00. The summed E-state index contributed by atoms with van der Waals surface area (Å²) in [4.78, 5) is 44.9. The summed E-state index contributed by atoms with van der Waals surface area (Å²) < 4.78 is 40.4. The van der Waals surface area contributed by atoms with Gasteiger partial charge in [0.1, 0.15) is 0 Å². The van der Waals surface area contributed by atoms with Gasteiger partial charge in [0.15, 0.2) is 0 Å². The lowest BCUT2D eigenvalue weighted by molar-refractivity contribution is -0.142. The van der Waals surface area contributed by atoms with Gasteiger partial charge in [0.05, 0.1) is 16.6 Å². The third-order valence-corrected chi connectivity index (χ3v) is 9.46. The molecule has 0 bridgehead atoms. The van der Waals surface area contributed by atoms with Gasteiger partial charge in [-0.25, -0.2) is 0 Å². The first-order chi connectivity index (χ1) is 19.3. The molecule has 0 spiro atoms. The second kappa shape index (κ2) is 11.1. The van der Waals surface area contributed by atoms with Crippen molar-refractivity contribution in [3.63, 3.8) is 0 Å². The van der Waals surface area contributed by atoms with Crippen LogP contribution < -0.4 is 0 Å². The second-order valence-electron chi connectivity index (χ2n) is 11.7. The van der Waals surface area contributed by atoms with E-state index in [1.807, 2.05) is 24.0 Å². The number of halogens is 5. The predicted molar refractivity (Wildman–Crippen MR) is 150 cm³/mol. The van der Waals surface area contributed by atoms with Crippen LogP contribution in [0.4, 0.5) is 13.2 Å². The molecule has 0 radical (unpaired) electrons. The average molecular weight is 611 g/mol. The van der Waals surface area contributed by atoms with Crippen LogP contribution >= 0.6 is 23.2 Å². The minimum Gasteiger partial charge on any atom is -0.342 e. The Hall–Kier alpha value is -2.78. The van der Waals surface area contributed by atoms with Crippen molar-refractivity contribution in [1.82, 2.24) is 14.7 Å². The van der Waals surface area contributed by atoms with Crippen LogP contribution in [0.1, 0.15) is 60.0 Å². The molecule has 2 aromatic carbocycles. The van der Waals surface area contributed by atoms with Crippen molar-refractivity contribution in [2.45, 2.75) is 50.7 Å². The van der Waals surface area contributed by atoms with Crippen LogP contribution in [0.25, 0.3) is 0 Å². The highest BCUT2D eigenvalue weighted by Crippen LogP contribution is 2.47. The molecule has 1 aliphatic carbocycles. The summed E-state index contributed by atoms with van der Waals surface area (Å²) in [5.41, 5.74) is -0.575. The summed E-state index contributed by atoms with van der Waals surface area (Å²) in [6.45, 7) is 3.66. The Morgan fingerprint density at radius 2 is 1.59 bits per heavy atom. The van der Waals surface area contributed by atoms with E-state index in [2.05, 4.69) is 0 Å². The van der Waals surface area contributed by atoms with Crippen molar-refractivity contribution in [1.29, 1.82) is 0 Å². The molecule has 0 N–H and O–H groups in total. The average Bonchev–Trinajstić information content (AvgIpc) is 3.55. The lowest BCUT2D eigenvalue weighted by Crippen LogP contribution is -2.46. The first-order valence-electron chi connectivity index (χ1n) is 13.8. The summed E-state index contributed by atoms with van der Waals surface area (Å²) >= 11 is 11.9. The molecule has 3 aliphatic rings. The van der Waals surface area contributed by atoms with Crippen molar-refractivity contribution in [2.75, 3.05) is 33.2 Å². The smallest absolute Gasteiger partial charge is 0.342 e. The van der Waals surface area contributed by atoms with Crippen LogP contribution in [-0.4, -0.2) is 71.7 Å². The van der Waals surface area contributed by atoms with Gasteiger partial charge in [-0.3, -0.25) is 14.4 Å². The van der Waals surface area contributed by atoms with Gasteiger partial charge in [-0.2, -0.15) is 13.2 Å². The van der Waals surface area contributed by atoms with Crippen LogP contribution in [-0.2, 0) is 15.8 Å². The molecule has 11 heteroatoms. The second-order valence-corrected chi connectivity index (χ2v) is 12.5. The monoisotopic (exact) mass is 609 g/mol. The van der Waals surface area contributed by atoms with Gasteiger partial charge in [0.25, 0.3) is 5.91 Å². The molecule has 2 atom stereocenters. The van der Waals surface area contributed by atoms with Crippen LogP contribution in [0.3, 0.4) is 0 Å². The molecule has 1 saturated carbocycles. The normalized spacial score (nSPS) is 22.5. The summed E-state index contributed by atoms with van der Waals surface area (Å²) in [5, 5.41) is 0.0650. The van der Waals surface area contributed by atoms with Gasteiger partial charge in [-0.15, -0.1) is 0 Å². The minimum atomic E-state index is -4.70. The number of amides is 3. The highest BCUT2D eigenvalue weighted by Gasteiger charge is 2.48. The maximum atomic E-state index is 13.7. The van der Waals surface area contributed by atoms with E-state index in [0.717, 1.165) is 30.5 Å². The van der Waals surface area contributed by atoms with E-state index in [4.69, 9.17) is 23.2 Å². The number of nitrogens with zero attached hydrogens (tertiary/aromatic N) is 3. The van der Waals surface area contributed by atoms with Crippen LogP contribution in [0.2, 0.25) is 10.0 Å². The largest absolute Gasteiger partial charge is 0.417 e. The van der Waals surface area contributed by atoms with Crippen molar-refractivity contribution in [2.24, 2.45) is 11.3 Å². The van der Waals surface area contributed by atoms with E-state index in [-0.39, 0.29) is 41.2 Å². The molecule has 2 saturated heterocycles. The number of piperidine rings is 1. The van der Waals surface area contributed by atoms with Crippen molar-refractivity contribution in [3.05, 3.63) is 69.2 Å². The van der Waals surface area contributed by atoms with Crippen molar-refractivity contribution in [3.8, 4) is 0 Å². The first-order valence-corrected chi connectivity index (χ1v) is 14.5. The standard InChI is InChI=1S/C30H32Cl2F3N3O3/c1-29(11-12-29)28(41)37-13-9-19(10-14-37)27(40)38-16-22(18-3-6-21(31)7-4-18)25(17-38)36(2)26(39)20-5-8-24(32)23(15-20)30(33,34)35/h3-8,15,19,22,25H,9-14,16-17H2,1-2H3. The van der Waals surface area contributed by atoms with E-state index in [0.29, 0.717) is 37.5 Å². The molecular weight excluding hydrogens is 578 g/mol. The summed E-state index contributed by atoms with van der Waals surface area (Å²) in [7, 11) is 1.55. The Labute approximate surface area is 247 Å². The van der Waals surface area contributed by atoms with Gasteiger partial charge < -0.3 is 14.7 Å². The van der Waals surface area contributed by atoms with Gasteiger partial charge in [0.2, 0.25) is 11.8 Å². The molecule has 220 valence electrons. The predicted octanol–water partition coefficient (Wildman–Crippen LogP) is 6.12. The van der Waals surface area contributed by atoms with E-state index in [9.17, 15) is 27.6 Å². The zero-order valence-electron chi connectivity index (χ0n) is 22.9. The molecule has 41 heavy (non-hydrogen) atoms. The number of carbonyl (C=O) groups excluding carboxylic acids is 3. The van der Waals surface area contributed by atoms with Crippen LogP contribution in [0.5, 0.6) is 0 Å². The SMILES string of the molecule is CN(C(=O)c1ccc(Cl)c(C(F)(F)F)c1)C1CN(C(=O)C2CCN(C(=O)C3(C)CC3)CC2)CC1c1ccc(Cl)cc1. The zero-order chi connectivity index (χ0) is 29.7. The third-order valence-electron chi connectivity index (χ3n) is 8.88. The Kier molecular flexibility index (Phi) is 8.07. The molecule has 5 rings (SSSR count). The number of hydrogen-bond acceptors (Lipinski definition) is 3. The van der Waals surface area contributed by atoms with E-state index < -0.39 is 28.7 Å². The summed E-state index contributed by atoms with van der Waals surface area (Å²) in [6.07, 6.45) is -1.73. The first kappa shape index (κ1) is 29.7. The van der Waals surface area contributed by atoms with Gasteiger partial charge in [-0.1, -0.05) is 42.3 Å². The highest BCUT2D eigenvalue weighted by atomic mass is 35.5. The summed E-state index contributed by atoms with van der Waals surface area (Å²) in [5.74, 6) is -0.949. The van der Waals surface area contributed by atoms with Crippen molar-refractivity contribution < 1.29 is 27.6 Å². The quantitative estimate of drug-likeness (QED) is 0.410. The maximum Gasteiger partial charge on any atom is 0.417 e. The molecule has 2 heterocycles. The van der Waals surface area contributed by atoms with Gasteiger partial charge in [0, 0.05) is 61.1 Å².